The Labute approximate surface area is 74.3 Å². The highest BCUT2D eigenvalue weighted by molar-refractivity contribution is 6.66. The van der Waals surface area contributed by atoms with Gasteiger partial charge in [-0.05, 0) is 6.92 Å². The molecule has 0 aromatic rings. The minimum absolute atomic E-state index is 0.0776. The maximum Gasteiger partial charge on any atom is 0.332 e. The molecule has 13 heavy (non-hydrogen) atoms. The number of carbonyl (C=O) groups excluding carboxylic acids is 2. The van der Waals surface area contributed by atoms with Crippen LogP contribution in [0, 0.1) is 0 Å². The molecule has 0 aliphatic heterocycles. The third-order valence-corrected chi connectivity index (χ3v) is 1.11. The van der Waals surface area contributed by atoms with E-state index in [0.717, 1.165) is 0 Å². The van der Waals surface area contributed by atoms with Gasteiger partial charge in [-0.1, -0.05) is 5.16 Å². The molecule has 7 nitrogen and oxygen atoms in total. The molecule has 0 radical (unpaired) electrons. The Morgan fingerprint density at radius 2 is 1.92 bits per heavy atom. The Morgan fingerprint density at radius 1 is 1.38 bits per heavy atom. The van der Waals surface area contributed by atoms with Crippen LogP contribution in [-0.4, -0.2) is 28.4 Å². The van der Waals surface area contributed by atoms with E-state index in [9.17, 15) is 9.59 Å². The zero-order valence-corrected chi connectivity index (χ0v) is 7.24. The van der Waals surface area contributed by atoms with Gasteiger partial charge in [0.15, 0.2) is 11.5 Å². The first-order valence-corrected chi connectivity index (χ1v) is 3.32. The average molecular weight is 186 g/mol. The number of nitrogens with two attached hydrogens (primary N) is 1. The van der Waals surface area contributed by atoms with Crippen molar-refractivity contribution in [3.05, 3.63) is 0 Å². The predicted molar refractivity (Wildman–Crippen MR) is 45.7 cm³/mol. The van der Waals surface area contributed by atoms with Crippen LogP contribution >= 0.6 is 0 Å². The average Bonchev–Trinajstić information content (AvgIpc) is 2.01. The maximum absolute atomic E-state index is 10.7. The number of oxime groups is 1. The summed E-state index contributed by atoms with van der Waals surface area (Å²) in [6, 6.07) is -0.861. The van der Waals surface area contributed by atoms with E-state index >= 15 is 0 Å². The van der Waals surface area contributed by atoms with Gasteiger partial charge in [-0.25, -0.2) is 10.2 Å². The summed E-state index contributed by atoms with van der Waals surface area (Å²) in [6.45, 7) is 2.60. The van der Waals surface area contributed by atoms with E-state index in [1.165, 1.54) is 13.8 Å². The number of urea groups is 1. The largest absolute Gasteiger partial charge is 0.410 e. The Hall–Kier alpha value is -1.92. The van der Waals surface area contributed by atoms with Crippen LogP contribution in [0.4, 0.5) is 4.79 Å². The van der Waals surface area contributed by atoms with Crippen LogP contribution in [0.2, 0.25) is 0 Å². The smallest absolute Gasteiger partial charge is 0.332 e. The van der Waals surface area contributed by atoms with E-state index < -0.39 is 11.8 Å². The number of amides is 2. The van der Waals surface area contributed by atoms with Gasteiger partial charge in [-0.2, -0.15) is 5.10 Å². The SMILES string of the molecule is CC(=O)C(=N\O)/C(C)=N/NC(N)=O. The first-order valence-electron chi connectivity index (χ1n) is 3.32. The van der Waals surface area contributed by atoms with Crippen molar-refractivity contribution in [2.24, 2.45) is 16.0 Å². The van der Waals surface area contributed by atoms with E-state index in [2.05, 4.69) is 10.3 Å². The van der Waals surface area contributed by atoms with E-state index in [0.29, 0.717) is 0 Å². The molecule has 0 atom stereocenters. The van der Waals surface area contributed by atoms with Crippen LogP contribution < -0.4 is 11.2 Å². The molecule has 4 N–H and O–H groups in total. The van der Waals surface area contributed by atoms with Crippen molar-refractivity contribution in [3.63, 3.8) is 0 Å². The fourth-order valence-corrected chi connectivity index (χ4v) is 0.589. The van der Waals surface area contributed by atoms with Crippen LogP contribution in [0.15, 0.2) is 10.3 Å². The molecule has 72 valence electrons. The highest BCUT2D eigenvalue weighted by atomic mass is 16.4. The second kappa shape index (κ2) is 4.86. The lowest BCUT2D eigenvalue weighted by Crippen LogP contribution is -2.28. The van der Waals surface area contributed by atoms with Crippen molar-refractivity contribution in [2.75, 3.05) is 0 Å². The van der Waals surface area contributed by atoms with Gasteiger partial charge in [-0.3, -0.25) is 4.79 Å². The number of hydrogen-bond acceptors (Lipinski definition) is 5. The van der Waals surface area contributed by atoms with Gasteiger partial charge in [0.1, 0.15) is 0 Å². The number of primary amides is 1. The van der Waals surface area contributed by atoms with Gasteiger partial charge < -0.3 is 10.9 Å². The predicted octanol–water partition coefficient (Wildman–Crippen LogP) is -0.550. The molecule has 0 aromatic heterocycles. The fraction of sp³-hybridized carbons (Fsp3) is 0.333. The van der Waals surface area contributed by atoms with Crippen molar-refractivity contribution in [1.29, 1.82) is 0 Å². The molecular formula is C6H10N4O3. The summed E-state index contributed by atoms with van der Waals surface area (Å²) in [5, 5.41) is 14.5. The van der Waals surface area contributed by atoms with Crippen molar-refractivity contribution < 1.29 is 14.8 Å². The Kier molecular flexibility index (Phi) is 4.14. The van der Waals surface area contributed by atoms with Crippen molar-refractivity contribution in [3.8, 4) is 0 Å². The van der Waals surface area contributed by atoms with Gasteiger partial charge in [0.2, 0.25) is 0 Å². The molecule has 0 fully saturated rings. The van der Waals surface area contributed by atoms with Gasteiger partial charge in [0.25, 0.3) is 0 Å². The molecule has 7 heteroatoms. The van der Waals surface area contributed by atoms with Crippen LogP contribution in [0.5, 0.6) is 0 Å². The van der Waals surface area contributed by atoms with Crippen molar-refractivity contribution >= 4 is 23.2 Å². The van der Waals surface area contributed by atoms with Gasteiger partial charge in [-0.15, -0.1) is 0 Å². The molecule has 0 aliphatic carbocycles. The third-order valence-electron chi connectivity index (χ3n) is 1.11. The molecule has 0 spiro atoms. The highest BCUT2D eigenvalue weighted by Gasteiger charge is 2.10. The summed E-state index contributed by atoms with van der Waals surface area (Å²) in [6.07, 6.45) is 0. The number of ketones is 1. The highest BCUT2D eigenvalue weighted by Crippen LogP contribution is 1.85. The Bertz CT molecular complexity index is 282. The zero-order valence-electron chi connectivity index (χ0n) is 7.24. The molecule has 0 heterocycles. The molecule has 0 aliphatic rings. The second-order valence-electron chi connectivity index (χ2n) is 2.18. The maximum atomic E-state index is 10.7. The fourth-order valence-electron chi connectivity index (χ4n) is 0.589. The van der Waals surface area contributed by atoms with Crippen LogP contribution in [0.3, 0.4) is 0 Å². The minimum Gasteiger partial charge on any atom is -0.410 e. The number of rotatable bonds is 3. The molecule has 0 saturated heterocycles. The number of nitrogens with zero attached hydrogens (tertiary/aromatic N) is 2. The standard InChI is InChI=1S/C6H10N4O3/c1-3(8-9-6(7)12)5(10-13)4(2)11/h13H,1-2H3,(H3,7,9,12)/b8-3+,10-5-. The molecule has 0 saturated carbocycles. The Morgan fingerprint density at radius 3 is 2.23 bits per heavy atom. The van der Waals surface area contributed by atoms with Crippen LogP contribution in [-0.2, 0) is 4.79 Å². The molecule has 2 amide bonds. The normalized spacial score (nSPS) is 12.5. The topological polar surface area (TPSA) is 117 Å². The van der Waals surface area contributed by atoms with Crippen molar-refractivity contribution in [2.45, 2.75) is 13.8 Å². The van der Waals surface area contributed by atoms with Crippen LogP contribution in [0.1, 0.15) is 13.8 Å². The molecular weight excluding hydrogens is 176 g/mol. The molecule has 0 unspecified atom stereocenters. The lowest BCUT2D eigenvalue weighted by molar-refractivity contribution is -0.111. The molecule has 0 bridgehead atoms. The first kappa shape index (κ1) is 11.1. The first-order chi connectivity index (χ1) is 5.99. The summed E-state index contributed by atoms with van der Waals surface area (Å²) < 4.78 is 0. The van der Waals surface area contributed by atoms with Crippen LogP contribution in [0.25, 0.3) is 0 Å². The monoisotopic (exact) mass is 186 g/mol. The summed E-state index contributed by atoms with van der Waals surface area (Å²) >= 11 is 0. The zero-order chi connectivity index (χ0) is 10.4. The van der Waals surface area contributed by atoms with Crippen molar-refractivity contribution in [1.82, 2.24) is 5.43 Å². The summed E-state index contributed by atoms with van der Waals surface area (Å²) in [7, 11) is 0. The van der Waals surface area contributed by atoms with Gasteiger partial charge in [0.05, 0.1) is 5.71 Å². The van der Waals surface area contributed by atoms with Gasteiger partial charge >= 0.3 is 6.03 Å². The quantitative estimate of drug-likeness (QED) is 0.311. The van der Waals surface area contributed by atoms with E-state index in [-0.39, 0.29) is 11.4 Å². The summed E-state index contributed by atoms with van der Waals surface area (Å²) in [5.41, 5.74) is 6.46. The third kappa shape index (κ3) is 3.85. The van der Waals surface area contributed by atoms with E-state index in [1.54, 1.807) is 0 Å². The van der Waals surface area contributed by atoms with Gasteiger partial charge in [0, 0.05) is 6.92 Å². The molecule has 0 rings (SSSR count). The lowest BCUT2D eigenvalue weighted by atomic mass is 10.2. The number of carbonyl (C=O) groups is 2. The molecule has 0 aromatic carbocycles. The van der Waals surface area contributed by atoms with E-state index in [4.69, 9.17) is 10.9 Å². The number of nitrogens with one attached hydrogen (secondary N) is 1. The van der Waals surface area contributed by atoms with E-state index in [1.807, 2.05) is 5.43 Å². The minimum atomic E-state index is -0.861. The number of hydrogen-bond donors (Lipinski definition) is 3. The Balaban J connectivity index is 4.56. The summed E-state index contributed by atoms with van der Waals surface area (Å²) in [5.74, 6) is -0.463. The second-order valence-corrected chi connectivity index (χ2v) is 2.18. The number of Topliss-reactive ketones (excluding diaryl/α,β-unsaturated/α-hetero) is 1. The summed E-state index contributed by atoms with van der Waals surface area (Å²) in [4.78, 5) is 20.9. The number of hydrazone groups is 1. The lowest BCUT2D eigenvalue weighted by Gasteiger charge is -1.98.